The van der Waals surface area contributed by atoms with Gasteiger partial charge in [-0.25, -0.2) is 0 Å². The fourth-order valence-electron chi connectivity index (χ4n) is 2.68. The molecule has 0 unspecified atom stereocenters. The molecule has 2 aliphatic heterocycles. The summed E-state index contributed by atoms with van der Waals surface area (Å²) in [5.41, 5.74) is 1.00. The van der Waals surface area contributed by atoms with Gasteiger partial charge in [0.1, 0.15) is 6.10 Å². The number of rotatable bonds is 4. The van der Waals surface area contributed by atoms with Crippen LogP contribution in [0.15, 0.2) is 5.10 Å². The monoisotopic (exact) mass is 270 g/mol. The molecule has 0 N–H and O–H groups in total. The summed E-state index contributed by atoms with van der Waals surface area (Å²) in [5, 5.41) is 6.92. The molecule has 0 aliphatic carbocycles. The van der Waals surface area contributed by atoms with Gasteiger partial charge in [0, 0.05) is 13.7 Å². The Morgan fingerprint density at radius 2 is 2.26 bits per heavy atom. The lowest BCUT2D eigenvalue weighted by Crippen LogP contribution is -2.47. The molecule has 2 fully saturated rings. The van der Waals surface area contributed by atoms with E-state index >= 15 is 0 Å². The van der Waals surface area contributed by atoms with E-state index in [9.17, 15) is 0 Å². The topological polar surface area (TPSA) is 43.3 Å². The third-order valence-electron chi connectivity index (χ3n) is 3.70. The smallest absolute Gasteiger partial charge is 0.164 e. The molecule has 0 spiro atoms. The van der Waals surface area contributed by atoms with Gasteiger partial charge < -0.3 is 14.2 Å². The molecular formula is C14H26N2O3. The SMILES string of the molecule is CC[C@@H]1OC(C)(C)OC/C1=N\N1CCC[C@H]1COC. The second kappa shape index (κ2) is 6.20. The Bertz CT molecular complexity index is 331. The molecule has 0 radical (unpaired) electrons. The van der Waals surface area contributed by atoms with E-state index < -0.39 is 5.79 Å². The lowest BCUT2D eigenvalue weighted by Gasteiger charge is -2.37. The van der Waals surface area contributed by atoms with E-state index in [0.29, 0.717) is 12.6 Å². The molecule has 2 heterocycles. The van der Waals surface area contributed by atoms with Crippen LogP contribution in [0.25, 0.3) is 0 Å². The average molecular weight is 270 g/mol. The predicted molar refractivity (Wildman–Crippen MR) is 74.2 cm³/mol. The summed E-state index contributed by atoms with van der Waals surface area (Å²) in [4.78, 5) is 0. The van der Waals surface area contributed by atoms with E-state index in [-0.39, 0.29) is 6.10 Å². The van der Waals surface area contributed by atoms with Gasteiger partial charge in [0.05, 0.1) is 25.0 Å². The Morgan fingerprint density at radius 1 is 1.47 bits per heavy atom. The number of nitrogens with zero attached hydrogens (tertiary/aromatic N) is 2. The summed E-state index contributed by atoms with van der Waals surface area (Å²) < 4.78 is 16.9. The maximum absolute atomic E-state index is 5.93. The lowest BCUT2D eigenvalue weighted by atomic mass is 10.1. The standard InChI is InChI=1S/C14H26N2O3/c1-5-13-12(10-18-14(2,3)19-13)15-16-8-6-7-11(16)9-17-4/h11,13H,5-10H2,1-4H3/b15-12+/t11-,13-/m0/s1. The first kappa shape index (κ1) is 14.8. The van der Waals surface area contributed by atoms with Crippen LogP contribution in [0.5, 0.6) is 0 Å². The van der Waals surface area contributed by atoms with Crippen LogP contribution in [0, 0.1) is 0 Å². The van der Waals surface area contributed by atoms with Crippen molar-refractivity contribution in [3.63, 3.8) is 0 Å². The first-order valence-corrected chi connectivity index (χ1v) is 7.20. The Hall–Kier alpha value is -0.650. The summed E-state index contributed by atoms with van der Waals surface area (Å²) in [6.07, 6.45) is 3.31. The molecule has 2 atom stereocenters. The highest BCUT2D eigenvalue weighted by Crippen LogP contribution is 2.24. The maximum Gasteiger partial charge on any atom is 0.164 e. The quantitative estimate of drug-likeness (QED) is 0.784. The third-order valence-corrected chi connectivity index (χ3v) is 3.70. The highest BCUT2D eigenvalue weighted by atomic mass is 16.7. The van der Waals surface area contributed by atoms with Crippen LogP contribution in [0.2, 0.25) is 0 Å². The zero-order valence-corrected chi connectivity index (χ0v) is 12.5. The predicted octanol–water partition coefficient (Wildman–Crippen LogP) is 2.01. The van der Waals surface area contributed by atoms with E-state index in [1.807, 2.05) is 13.8 Å². The van der Waals surface area contributed by atoms with Crippen molar-refractivity contribution in [3.8, 4) is 0 Å². The summed E-state index contributed by atoms with van der Waals surface area (Å²) >= 11 is 0. The minimum Gasteiger partial charge on any atom is -0.382 e. The van der Waals surface area contributed by atoms with Crippen molar-refractivity contribution >= 4 is 5.71 Å². The van der Waals surface area contributed by atoms with Crippen molar-refractivity contribution in [1.82, 2.24) is 5.01 Å². The molecule has 2 saturated heterocycles. The second-order valence-corrected chi connectivity index (χ2v) is 5.71. The number of hydrazone groups is 1. The first-order valence-electron chi connectivity index (χ1n) is 7.20. The van der Waals surface area contributed by atoms with E-state index in [1.165, 1.54) is 6.42 Å². The van der Waals surface area contributed by atoms with Gasteiger partial charge in [-0.2, -0.15) is 5.10 Å². The largest absolute Gasteiger partial charge is 0.382 e. The van der Waals surface area contributed by atoms with Crippen LogP contribution in [-0.4, -0.2) is 55.5 Å². The van der Waals surface area contributed by atoms with Gasteiger partial charge in [0.15, 0.2) is 5.79 Å². The number of ether oxygens (including phenoxy) is 3. The van der Waals surface area contributed by atoms with Crippen LogP contribution in [0.1, 0.15) is 40.0 Å². The highest BCUT2D eigenvalue weighted by Gasteiger charge is 2.34. The van der Waals surface area contributed by atoms with Crippen LogP contribution in [-0.2, 0) is 14.2 Å². The molecule has 19 heavy (non-hydrogen) atoms. The van der Waals surface area contributed by atoms with Crippen molar-refractivity contribution in [2.24, 2.45) is 5.10 Å². The van der Waals surface area contributed by atoms with Gasteiger partial charge in [-0.1, -0.05) is 6.92 Å². The zero-order chi connectivity index (χ0) is 13.9. The zero-order valence-electron chi connectivity index (χ0n) is 12.5. The first-order chi connectivity index (χ1) is 9.05. The van der Waals surface area contributed by atoms with Crippen molar-refractivity contribution in [2.45, 2.75) is 58.0 Å². The number of hydrogen-bond acceptors (Lipinski definition) is 5. The highest BCUT2D eigenvalue weighted by molar-refractivity contribution is 5.90. The number of methoxy groups -OCH3 is 1. The molecule has 0 saturated carbocycles. The third kappa shape index (κ3) is 3.68. The molecule has 5 nitrogen and oxygen atoms in total. The van der Waals surface area contributed by atoms with E-state index in [1.54, 1.807) is 7.11 Å². The Balaban J connectivity index is 2.05. The van der Waals surface area contributed by atoms with E-state index in [2.05, 4.69) is 11.9 Å². The van der Waals surface area contributed by atoms with Crippen molar-refractivity contribution in [2.75, 3.05) is 26.9 Å². The fraction of sp³-hybridized carbons (Fsp3) is 0.929. The van der Waals surface area contributed by atoms with Crippen LogP contribution >= 0.6 is 0 Å². The average Bonchev–Trinajstić information content (AvgIpc) is 2.79. The number of hydrogen-bond donors (Lipinski definition) is 0. The molecule has 0 aromatic heterocycles. The molecule has 110 valence electrons. The minimum atomic E-state index is -0.503. The van der Waals surface area contributed by atoms with Crippen LogP contribution in [0.3, 0.4) is 0 Å². The van der Waals surface area contributed by atoms with Crippen LogP contribution < -0.4 is 0 Å². The summed E-state index contributed by atoms with van der Waals surface area (Å²) in [6, 6.07) is 0.393. The normalized spacial score (nSPS) is 33.1. The summed E-state index contributed by atoms with van der Waals surface area (Å²) in [5.74, 6) is -0.503. The molecule has 2 rings (SSSR count). The van der Waals surface area contributed by atoms with Gasteiger partial charge in [-0.3, -0.25) is 5.01 Å². The second-order valence-electron chi connectivity index (χ2n) is 5.71. The van der Waals surface area contributed by atoms with Crippen molar-refractivity contribution in [1.29, 1.82) is 0 Å². The van der Waals surface area contributed by atoms with Crippen molar-refractivity contribution < 1.29 is 14.2 Å². The molecule has 0 bridgehead atoms. The molecular weight excluding hydrogens is 244 g/mol. The van der Waals surface area contributed by atoms with Crippen molar-refractivity contribution in [3.05, 3.63) is 0 Å². The molecule has 0 aromatic carbocycles. The molecule has 0 amide bonds. The van der Waals surface area contributed by atoms with Gasteiger partial charge in [0.2, 0.25) is 0 Å². The Morgan fingerprint density at radius 3 is 2.95 bits per heavy atom. The lowest BCUT2D eigenvalue weighted by molar-refractivity contribution is -0.235. The van der Waals surface area contributed by atoms with Gasteiger partial charge in [-0.05, 0) is 33.1 Å². The maximum atomic E-state index is 5.93. The Labute approximate surface area is 115 Å². The van der Waals surface area contributed by atoms with Gasteiger partial charge >= 0.3 is 0 Å². The fourth-order valence-corrected chi connectivity index (χ4v) is 2.68. The van der Waals surface area contributed by atoms with Gasteiger partial charge in [0.25, 0.3) is 0 Å². The summed E-state index contributed by atoms with van der Waals surface area (Å²) in [6.45, 7) is 8.32. The minimum absolute atomic E-state index is 0.0625. The van der Waals surface area contributed by atoms with E-state index in [4.69, 9.17) is 19.3 Å². The summed E-state index contributed by atoms with van der Waals surface area (Å²) in [7, 11) is 1.74. The van der Waals surface area contributed by atoms with Gasteiger partial charge in [-0.15, -0.1) is 0 Å². The Kier molecular flexibility index (Phi) is 4.81. The molecule has 2 aliphatic rings. The molecule has 0 aromatic rings. The molecule has 5 heteroatoms. The van der Waals surface area contributed by atoms with Crippen LogP contribution in [0.4, 0.5) is 0 Å². The van der Waals surface area contributed by atoms with E-state index in [0.717, 1.165) is 31.7 Å².